The summed E-state index contributed by atoms with van der Waals surface area (Å²) in [5.41, 5.74) is -2.26. The monoisotopic (exact) mass is 520 g/mol. The first kappa shape index (κ1) is 27.6. The first-order chi connectivity index (χ1) is 16.9. The van der Waals surface area contributed by atoms with Crippen molar-refractivity contribution in [2.45, 2.75) is 63.1 Å². The molecule has 0 radical (unpaired) electrons. The summed E-state index contributed by atoms with van der Waals surface area (Å²) in [5.74, 6) is 0. The number of H-pyrrole nitrogens is 2. The fourth-order valence-corrected chi connectivity index (χ4v) is 3.72. The Kier molecular flexibility index (Phi) is 8.37. The van der Waals surface area contributed by atoms with Crippen molar-refractivity contribution in [2.75, 3.05) is 13.2 Å². The van der Waals surface area contributed by atoms with E-state index >= 15 is 0 Å². The van der Waals surface area contributed by atoms with Gasteiger partial charge in [-0.3, -0.25) is 28.7 Å². The highest BCUT2D eigenvalue weighted by molar-refractivity contribution is 5.04. The Bertz CT molecular complexity index is 1210. The molecule has 2 aromatic heterocycles. The van der Waals surface area contributed by atoms with Gasteiger partial charge in [0, 0.05) is 23.5 Å². The number of hydrogen-bond donors (Lipinski definition) is 6. The molecule has 0 aliphatic carbocycles. The molecule has 2 fully saturated rings. The number of alkyl halides is 2. The van der Waals surface area contributed by atoms with Gasteiger partial charge < -0.3 is 29.9 Å². The van der Waals surface area contributed by atoms with Crippen LogP contribution in [0.15, 0.2) is 31.6 Å². The van der Waals surface area contributed by atoms with E-state index in [0.29, 0.717) is 0 Å². The molecule has 4 heterocycles. The minimum atomic E-state index is -1.79. The Morgan fingerprint density at radius 1 is 0.778 bits per heavy atom. The van der Waals surface area contributed by atoms with E-state index in [1.54, 1.807) is 0 Å². The van der Waals surface area contributed by atoms with Crippen LogP contribution in [0.5, 0.6) is 0 Å². The Balaban J connectivity index is 0.000000201. The fraction of sp³-hybridized carbons (Fsp3) is 0.600. The number of nitrogens with zero attached hydrogens (tertiary/aromatic N) is 2. The highest BCUT2D eigenvalue weighted by atomic mass is 19.1. The molecule has 8 atom stereocenters. The molecule has 0 bridgehead atoms. The van der Waals surface area contributed by atoms with Crippen molar-refractivity contribution in [3.05, 3.63) is 65.2 Å². The first-order valence-corrected chi connectivity index (χ1v) is 10.7. The van der Waals surface area contributed by atoms with Crippen LogP contribution >= 0.6 is 0 Å². The van der Waals surface area contributed by atoms with Crippen LogP contribution in [0.2, 0.25) is 0 Å². The van der Waals surface area contributed by atoms with E-state index in [4.69, 9.17) is 19.7 Å². The standard InChI is InChI=1S/2C10H13FN2O5/c2*1-4-2-13(10(17)12-8(4)16)9-7(15)6(11)5(3-14)18-9/h2*2,5-7,9,14-15H,3H2,1H3,(H,12,16,17)/t2*5-,6-,7-,9-/m11/s1. The van der Waals surface area contributed by atoms with Gasteiger partial charge in [-0.05, 0) is 13.8 Å². The lowest BCUT2D eigenvalue weighted by Gasteiger charge is -2.17. The second-order valence-corrected chi connectivity index (χ2v) is 8.32. The van der Waals surface area contributed by atoms with Gasteiger partial charge in [0.1, 0.15) is 24.4 Å². The minimum Gasteiger partial charge on any atom is -0.394 e. The molecule has 0 amide bonds. The van der Waals surface area contributed by atoms with Crippen molar-refractivity contribution in [3.8, 4) is 0 Å². The van der Waals surface area contributed by atoms with Crippen molar-refractivity contribution in [1.82, 2.24) is 19.1 Å². The summed E-state index contributed by atoms with van der Waals surface area (Å²) < 4.78 is 39.0. The third-order valence-electron chi connectivity index (χ3n) is 5.78. The summed E-state index contributed by atoms with van der Waals surface area (Å²) in [6, 6.07) is 0. The smallest absolute Gasteiger partial charge is 0.330 e. The maximum Gasteiger partial charge on any atom is 0.330 e. The molecule has 4 rings (SSSR count). The fourth-order valence-electron chi connectivity index (χ4n) is 3.72. The summed E-state index contributed by atoms with van der Waals surface area (Å²) in [5, 5.41) is 37.0. The number of aromatic nitrogens is 4. The third kappa shape index (κ3) is 5.23. The number of rotatable bonds is 4. The number of halogens is 2. The number of nitrogens with one attached hydrogen (secondary N) is 2. The van der Waals surface area contributed by atoms with Crippen LogP contribution in [0.4, 0.5) is 8.78 Å². The maximum atomic E-state index is 13.5. The molecule has 0 aromatic carbocycles. The van der Waals surface area contributed by atoms with E-state index in [-0.39, 0.29) is 11.1 Å². The molecule has 16 heteroatoms. The summed E-state index contributed by atoms with van der Waals surface area (Å²) in [7, 11) is 0. The lowest BCUT2D eigenvalue weighted by atomic mass is 10.1. The molecule has 0 saturated carbocycles. The van der Waals surface area contributed by atoms with Gasteiger partial charge in [0.25, 0.3) is 11.1 Å². The van der Waals surface area contributed by atoms with Gasteiger partial charge in [-0.2, -0.15) is 0 Å². The van der Waals surface area contributed by atoms with E-state index in [9.17, 15) is 38.2 Å². The number of aryl methyl sites for hydroxylation is 2. The molecule has 2 saturated heterocycles. The maximum absolute atomic E-state index is 13.5. The number of ether oxygens (including phenoxy) is 2. The van der Waals surface area contributed by atoms with Gasteiger partial charge >= 0.3 is 11.4 Å². The van der Waals surface area contributed by atoms with Crippen molar-refractivity contribution >= 4 is 0 Å². The van der Waals surface area contributed by atoms with E-state index < -0.39 is 84.9 Å². The van der Waals surface area contributed by atoms with Crippen LogP contribution in [0.25, 0.3) is 0 Å². The summed E-state index contributed by atoms with van der Waals surface area (Å²) in [6.45, 7) is 1.72. The first-order valence-electron chi connectivity index (χ1n) is 10.7. The third-order valence-corrected chi connectivity index (χ3v) is 5.78. The predicted octanol–water partition coefficient (Wildman–Crippen LogP) is -3.13. The highest BCUT2D eigenvalue weighted by Crippen LogP contribution is 2.31. The van der Waals surface area contributed by atoms with Crippen molar-refractivity contribution in [3.63, 3.8) is 0 Å². The summed E-state index contributed by atoms with van der Waals surface area (Å²) in [6.07, 6.45) is -9.29. The van der Waals surface area contributed by atoms with Gasteiger partial charge in [0.2, 0.25) is 0 Å². The Hall–Kier alpha value is -3.02. The van der Waals surface area contributed by atoms with Crippen LogP contribution in [-0.2, 0) is 9.47 Å². The number of hydrogen-bond acceptors (Lipinski definition) is 10. The number of aromatic amines is 2. The molecule has 2 aliphatic heterocycles. The van der Waals surface area contributed by atoms with Crippen LogP contribution in [-0.4, -0.2) is 89.5 Å². The molecular weight excluding hydrogens is 494 g/mol. The second-order valence-electron chi connectivity index (χ2n) is 8.32. The van der Waals surface area contributed by atoms with E-state index in [0.717, 1.165) is 9.13 Å². The Morgan fingerprint density at radius 2 is 1.11 bits per heavy atom. The molecule has 2 aliphatic rings. The van der Waals surface area contributed by atoms with Crippen molar-refractivity contribution < 1.29 is 38.7 Å². The topological polar surface area (TPSA) is 209 Å². The Labute approximate surface area is 200 Å². The number of aliphatic hydroxyl groups is 4. The van der Waals surface area contributed by atoms with Gasteiger partial charge in [-0.25, -0.2) is 18.4 Å². The van der Waals surface area contributed by atoms with Crippen LogP contribution < -0.4 is 22.5 Å². The molecule has 6 N–H and O–H groups in total. The Morgan fingerprint density at radius 3 is 1.39 bits per heavy atom. The van der Waals surface area contributed by atoms with Gasteiger partial charge in [0.15, 0.2) is 24.8 Å². The summed E-state index contributed by atoms with van der Waals surface area (Å²) in [4.78, 5) is 49.5. The molecular formula is C20H26F2N4O10. The van der Waals surface area contributed by atoms with Crippen LogP contribution in [0.1, 0.15) is 23.6 Å². The average molecular weight is 520 g/mol. The highest BCUT2D eigenvalue weighted by Gasteiger charge is 2.46. The van der Waals surface area contributed by atoms with Crippen LogP contribution in [0, 0.1) is 13.8 Å². The zero-order chi connectivity index (χ0) is 26.9. The van der Waals surface area contributed by atoms with Crippen molar-refractivity contribution in [1.29, 1.82) is 0 Å². The molecule has 0 unspecified atom stereocenters. The largest absolute Gasteiger partial charge is 0.394 e. The minimum absolute atomic E-state index is 0.230. The molecule has 2 aromatic rings. The lowest BCUT2D eigenvalue weighted by molar-refractivity contribution is -0.0538. The van der Waals surface area contributed by atoms with E-state index in [1.807, 2.05) is 9.97 Å². The molecule has 200 valence electrons. The zero-order valence-corrected chi connectivity index (χ0v) is 19.1. The second kappa shape index (κ2) is 10.9. The number of aliphatic hydroxyl groups excluding tert-OH is 4. The van der Waals surface area contributed by atoms with Crippen molar-refractivity contribution in [2.24, 2.45) is 0 Å². The van der Waals surface area contributed by atoms with Gasteiger partial charge in [-0.15, -0.1) is 0 Å². The predicted molar refractivity (Wildman–Crippen MR) is 116 cm³/mol. The van der Waals surface area contributed by atoms with Gasteiger partial charge in [-0.1, -0.05) is 0 Å². The molecule has 14 nitrogen and oxygen atoms in total. The SMILES string of the molecule is Cc1cn([C@@H]2O[C@H](CO)[C@@H](F)[C@H]2O)c(=O)[nH]c1=O.Cc1cn([C@@H]2O[C@H](CO)[C@@H](F)[C@H]2O)c(=O)[nH]c1=O. The van der Waals surface area contributed by atoms with Crippen LogP contribution in [0.3, 0.4) is 0 Å². The zero-order valence-electron chi connectivity index (χ0n) is 19.1. The summed E-state index contributed by atoms with van der Waals surface area (Å²) >= 11 is 0. The average Bonchev–Trinajstić information content (AvgIpc) is 3.29. The van der Waals surface area contributed by atoms with E-state index in [2.05, 4.69) is 0 Å². The molecule has 36 heavy (non-hydrogen) atoms. The normalized spacial score (nSPS) is 31.8. The quantitative estimate of drug-likeness (QED) is 0.239. The molecule has 0 spiro atoms. The van der Waals surface area contributed by atoms with Gasteiger partial charge in [0.05, 0.1) is 13.2 Å². The lowest BCUT2D eigenvalue weighted by Crippen LogP contribution is -2.37. The van der Waals surface area contributed by atoms with E-state index in [1.165, 1.54) is 26.2 Å².